The van der Waals surface area contributed by atoms with E-state index in [1.807, 2.05) is 24.3 Å². The summed E-state index contributed by atoms with van der Waals surface area (Å²) in [4.78, 5) is 21.7. The smallest absolute Gasteiger partial charge is 0.315 e. The molecular weight excluding hydrogens is 248 g/mol. The first-order valence-electron chi connectivity index (χ1n) is 5.91. The van der Waals surface area contributed by atoms with E-state index in [9.17, 15) is 14.7 Å². The van der Waals surface area contributed by atoms with Crippen LogP contribution < -0.4 is 20.5 Å². The van der Waals surface area contributed by atoms with Gasteiger partial charge in [0.2, 0.25) is 0 Å². The Morgan fingerprint density at radius 2 is 1.95 bits per heavy atom. The Balaban J connectivity index is 2.29. The molecule has 2 N–H and O–H groups in total. The van der Waals surface area contributed by atoms with Gasteiger partial charge in [-0.3, -0.25) is 0 Å². The lowest BCUT2D eigenvalue weighted by molar-refractivity contribution is -0.307. The molecule has 0 spiro atoms. The predicted molar refractivity (Wildman–Crippen MR) is 67.7 cm³/mol. The number of carbonyl (C=O) groups is 2. The highest BCUT2D eigenvalue weighted by molar-refractivity contribution is 5.81. The van der Waals surface area contributed by atoms with Crippen LogP contribution in [0.15, 0.2) is 24.3 Å². The van der Waals surface area contributed by atoms with Gasteiger partial charge in [0.05, 0.1) is 19.1 Å². The Morgan fingerprint density at radius 3 is 2.47 bits per heavy atom. The van der Waals surface area contributed by atoms with Gasteiger partial charge in [0.25, 0.3) is 0 Å². The first-order valence-corrected chi connectivity index (χ1v) is 5.91. The number of rotatable bonds is 6. The van der Waals surface area contributed by atoms with Crippen LogP contribution in [0, 0.1) is 0 Å². The van der Waals surface area contributed by atoms with Crippen LogP contribution in [0.1, 0.15) is 12.5 Å². The number of aliphatic carboxylic acids is 1. The molecule has 0 heterocycles. The maximum atomic E-state index is 11.3. The highest BCUT2D eigenvalue weighted by Gasteiger charge is 2.06. The number of carboxylic acid groups (broad SMARTS) is 1. The fourth-order valence-corrected chi connectivity index (χ4v) is 1.42. The lowest BCUT2D eigenvalue weighted by Crippen LogP contribution is -2.49. The molecule has 6 nitrogen and oxygen atoms in total. The van der Waals surface area contributed by atoms with Crippen LogP contribution >= 0.6 is 0 Å². The Hall–Kier alpha value is -2.24. The standard InChI is InChI=1S/C13H18N2O4/c1-9(12(16)17)15-13(18)14-8-7-10-3-5-11(19-2)6-4-10/h3-6,9H,7-8H2,1-2H3,(H,16,17)(H2,14,15,18)/p-1/t9-/m0/s1. The third-order valence-electron chi connectivity index (χ3n) is 2.56. The zero-order valence-electron chi connectivity index (χ0n) is 10.9. The van der Waals surface area contributed by atoms with E-state index in [4.69, 9.17) is 4.74 Å². The summed E-state index contributed by atoms with van der Waals surface area (Å²) in [5, 5.41) is 15.2. The molecule has 0 aliphatic heterocycles. The van der Waals surface area contributed by atoms with Crippen molar-refractivity contribution in [1.82, 2.24) is 10.6 Å². The van der Waals surface area contributed by atoms with Crippen LogP contribution in [-0.4, -0.2) is 31.7 Å². The van der Waals surface area contributed by atoms with E-state index >= 15 is 0 Å². The summed E-state index contributed by atoms with van der Waals surface area (Å²) in [6.45, 7) is 1.76. The summed E-state index contributed by atoms with van der Waals surface area (Å²) in [5.74, 6) is -0.539. The van der Waals surface area contributed by atoms with E-state index in [1.165, 1.54) is 6.92 Å². The van der Waals surface area contributed by atoms with E-state index < -0.39 is 18.0 Å². The molecule has 0 saturated heterocycles. The number of hydrogen-bond acceptors (Lipinski definition) is 4. The topological polar surface area (TPSA) is 90.5 Å². The van der Waals surface area contributed by atoms with Crippen molar-refractivity contribution in [2.24, 2.45) is 0 Å². The van der Waals surface area contributed by atoms with Gasteiger partial charge in [0, 0.05) is 6.54 Å². The van der Waals surface area contributed by atoms with Gasteiger partial charge in [-0.1, -0.05) is 12.1 Å². The van der Waals surface area contributed by atoms with Crippen molar-refractivity contribution >= 4 is 12.0 Å². The number of nitrogens with one attached hydrogen (secondary N) is 2. The Morgan fingerprint density at radius 1 is 1.32 bits per heavy atom. The molecule has 2 amide bonds. The van der Waals surface area contributed by atoms with Gasteiger partial charge >= 0.3 is 6.03 Å². The van der Waals surface area contributed by atoms with Gasteiger partial charge in [-0.05, 0) is 31.0 Å². The summed E-state index contributed by atoms with van der Waals surface area (Å²) in [7, 11) is 1.60. The third-order valence-corrected chi connectivity index (χ3v) is 2.56. The van der Waals surface area contributed by atoms with Crippen molar-refractivity contribution in [3.63, 3.8) is 0 Å². The second-order valence-electron chi connectivity index (χ2n) is 4.04. The maximum Gasteiger partial charge on any atom is 0.315 e. The molecule has 1 rings (SSSR count). The van der Waals surface area contributed by atoms with Crippen LogP contribution in [0.2, 0.25) is 0 Å². The zero-order chi connectivity index (χ0) is 14.3. The minimum atomic E-state index is -1.31. The largest absolute Gasteiger partial charge is 0.548 e. The molecule has 0 bridgehead atoms. The molecule has 0 unspecified atom stereocenters. The van der Waals surface area contributed by atoms with E-state index in [0.29, 0.717) is 13.0 Å². The number of carbonyl (C=O) groups excluding carboxylic acids is 2. The molecule has 1 atom stereocenters. The van der Waals surface area contributed by atoms with Gasteiger partial charge in [0.1, 0.15) is 5.75 Å². The number of benzene rings is 1. The van der Waals surface area contributed by atoms with E-state index in [2.05, 4.69) is 10.6 Å². The van der Waals surface area contributed by atoms with Crippen LogP contribution in [0.3, 0.4) is 0 Å². The molecular formula is C13H17N2O4-. The zero-order valence-corrected chi connectivity index (χ0v) is 10.9. The van der Waals surface area contributed by atoms with Crippen molar-refractivity contribution in [2.75, 3.05) is 13.7 Å². The quantitative estimate of drug-likeness (QED) is 0.737. The maximum absolute atomic E-state index is 11.3. The molecule has 104 valence electrons. The number of ether oxygens (including phenoxy) is 1. The minimum absolute atomic E-state index is 0.415. The molecule has 0 aromatic heterocycles. The van der Waals surface area contributed by atoms with Gasteiger partial charge in [-0.2, -0.15) is 0 Å². The van der Waals surface area contributed by atoms with E-state index in [-0.39, 0.29) is 0 Å². The summed E-state index contributed by atoms with van der Waals surface area (Å²) < 4.78 is 5.04. The normalized spacial score (nSPS) is 11.5. The van der Waals surface area contributed by atoms with E-state index in [0.717, 1.165) is 11.3 Å². The minimum Gasteiger partial charge on any atom is -0.548 e. The molecule has 0 saturated carbocycles. The molecule has 0 aliphatic carbocycles. The van der Waals surface area contributed by atoms with Gasteiger partial charge < -0.3 is 25.3 Å². The van der Waals surface area contributed by atoms with Crippen molar-refractivity contribution in [3.8, 4) is 5.75 Å². The number of urea groups is 1. The SMILES string of the molecule is COc1ccc(CCNC(=O)N[C@@H](C)C(=O)[O-])cc1. The number of amides is 2. The molecule has 0 aliphatic rings. The highest BCUT2D eigenvalue weighted by atomic mass is 16.5. The average Bonchev–Trinajstić information content (AvgIpc) is 2.39. The van der Waals surface area contributed by atoms with Crippen LogP contribution in [-0.2, 0) is 11.2 Å². The lowest BCUT2D eigenvalue weighted by atomic mass is 10.1. The van der Waals surface area contributed by atoms with Crippen molar-refractivity contribution in [1.29, 1.82) is 0 Å². The van der Waals surface area contributed by atoms with Crippen LogP contribution in [0.5, 0.6) is 5.75 Å². The molecule has 0 fully saturated rings. The number of carboxylic acids is 1. The van der Waals surface area contributed by atoms with Crippen LogP contribution in [0.25, 0.3) is 0 Å². The van der Waals surface area contributed by atoms with Gasteiger partial charge in [-0.15, -0.1) is 0 Å². The number of methoxy groups -OCH3 is 1. The fraction of sp³-hybridized carbons (Fsp3) is 0.385. The average molecular weight is 265 g/mol. The molecule has 1 aromatic rings. The highest BCUT2D eigenvalue weighted by Crippen LogP contribution is 2.11. The third kappa shape index (κ3) is 5.29. The van der Waals surface area contributed by atoms with Gasteiger partial charge in [0.15, 0.2) is 0 Å². The first-order chi connectivity index (χ1) is 9.02. The number of hydrogen-bond donors (Lipinski definition) is 2. The molecule has 6 heteroatoms. The lowest BCUT2D eigenvalue weighted by Gasteiger charge is -2.15. The second kappa shape index (κ2) is 7.25. The van der Waals surface area contributed by atoms with Crippen LogP contribution in [0.4, 0.5) is 4.79 Å². The summed E-state index contributed by atoms with van der Waals surface area (Å²) in [5.41, 5.74) is 1.05. The molecule has 0 radical (unpaired) electrons. The van der Waals surface area contributed by atoms with Crippen molar-refractivity contribution < 1.29 is 19.4 Å². The second-order valence-corrected chi connectivity index (χ2v) is 4.04. The predicted octanol–water partition coefficient (Wildman–Crippen LogP) is -0.325. The molecule has 1 aromatic carbocycles. The van der Waals surface area contributed by atoms with Crippen molar-refractivity contribution in [2.45, 2.75) is 19.4 Å². The Kier molecular flexibility index (Phi) is 5.66. The van der Waals surface area contributed by atoms with E-state index in [1.54, 1.807) is 7.11 Å². The Bertz CT molecular complexity index is 431. The fourth-order valence-electron chi connectivity index (χ4n) is 1.42. The van der Waals surface area contributed by atoms with Gasteiger partial charge in [-0.25, -0.2) is 4.79 Å². The summed E-state index contributed by atoms with van der Waals surface area (Å²) in [6.07, 6.45) is 0.650. The summed E-state index contributed by atoms with van der Waals surface area (Å²) >= 11 is 0. The first kappa shape index (κ1) is 14.8. The Labute approximate surface area is 111 Å². The van der Waals surface area contributed by atoms with Crippen molar-refractivity contribution in [3.05, 3.63) is 29.8 Å². The summed E-state index contributed by atoms with van der Waals surface area (Å²) in [6, 6.07) is 5.96. The monoisotopic (exact) mass is 265 g/mol. The molecule has 19 heavy (non-hydrogen) atoms.